The Bertz CT molecular complexity index is 868. The van der Waals surface area contributed by atoms with Crippen LogP contribution in [0.4, 0.5) is 5.69 Å². The Morgan fingerprint density at radius 1 is 1.15 bits per heavy atom. The number of benzene rings is 2. The van der Waals surface area contributed by atoms with Gasteiger partial charge in [-0.3, -0.25) is 9.10 Å². The van der Waals surface area contributed by atoms with Gasteiger partial charge in [0.1, 0.15) is 11.8 Å². The molecule has 0 heterocycles. The fraction of sp³-hybridized carbons (Fsp3) is 0.316. The number of nitrogens with zero attached hydrogens (tertiary/aromatic N) is 1. The highest BCUT2D eigenvalue weighted by molar-refractivity contribution is 7.92. The van der Waals surface area contributed by atoms with E-state index in [0.29, 0.717) is 29.4 Å². The van der Waals surface area contributed by atoms with Crippen LogP contribution in [0.5, 0.6) is 5.75 Å². The van der Waals surface area contributed by atoms with Crippen molar-refractivity contribution >= 4 is 33.2 Å². The van der Waals surface area contributed by atoms with Gasteiger partial charge in [-0.25, -0.2) is 8.42 Å². The van der Waals surface area contributed by atoms with Crippen LogP contribution >= 0.6 is 11.6 Å². The van der Waals surface area contributed by atoms with E-state index in [1.807, 2.05) is 12.1 Å². The zero-order chi connectivity index (χ0) is 20.0. The molecule has 2 aromatic rings. The minimum atomic E-state index is -3.65. The van der Waals surface area contributed by atoms with Gasteiger partial charge in [0.2, 0.25) is 15.9 Å². The summed E-state index contributed by atoms with van der Waals surface area (Å²) in [4.78, 5) is 12.5. The van der Waals surface area contributed by atoms with Crippen molar-refractivity contribution in [2.75, 3.05) is 24.2 Å². The average Bonchev–Trinajstić information content (AvgIpc) is 2.62. The van der Waals surface area contributed by atoms with Gasteiger partial charge in [-0.2, -0.15) is 0 Å². The molecule has 0 aliphatic heterocycles. The summed E-state index contributed by atoms with van der Waals surface area (Å²) in [6.45, 7) is 1.95. The highest BCUT2D eigenvalue weighted by Gasteiger charge is 2.28. The van der Waals surface area contributed by atoms with Gasteiger partial charge in [0.15, 0.2) is 0 Å². The number of hydrogen-bond donors (Lipinski definition) is 1. The fourth-order valence-corrected chi connectivity index (χ4v) is 3.97. The maximum absolute atomic E-state index is 12.5. The molecule has 0 aromatic heterocycles. The number of ether oxygens (including phenoxy) is 1. The molecule has 0 aliphatic carbocycles. The standard InChI is InChI=1S/C19H23ClN2O4S/c1-14(19(23)21-13-12-15-4-6-16(20)7-5-15)22(27(3,24)25)17-8-10-18(26-2)11-9-17/h4-11,14H,12-13H2,1-3H3,(H,21,23)/t14-/m0/s1. The molecular formula is C19H23ClN2O4S. The van der Waals surface area contributed by atoms with Gasteiger partial charge < -0.3 is 10.1 Å². The SMILES string of the molecule is COc1ccc(N([C@@H](C)C(=O)NCCc2ccc(Cl)cc2)S(C)(=O)=O)cc1. The van der Waals surface area contributed by atoms with E-state index in [9.17, 15) is 13.2 Å². The summed E-state index contributed by atoms with van der Waals surface area (Å²) in [6, 6.07) is 13.0. The van der Waals surface area contributed by atoms with Crippen molar-refractivity contribution in [2.45, 2.75) is 19.4 Å². The van der Waals surface area contributed by atoms with E-state index in [2.05, 4.69) is 5.32 Å². The van der Waals surface area contributed by atoms with Gasteiger partial charge in [0.25, 0.3) is 0 Å². The normalized spacial score (nSPS) is 12.3. The van der Waals surface area contributed by atoms with Crippen LogP contribution < -0.4 is 14.4 Å². The summed E-state index contributed by atoms with van der Waals surface area (Å²) in [7, 11) is -2.12. The third-order valence-corrected chi connectivity index (χ3v) is 5.54. The molecule has 2 rings (SSSR count). The molecular weight excluding hydrogens is 388 g/mol. The third kappa shape index (κ3) is 5.87. The molecule has 2 aromatic carbocycles. The van der Waals surface area contributed by atoms with Gasteiger partial charge in [-0.05, 0) is 55.3 Å². The number of halogens is 1. The Morgan fingerprint density at radius 3 is 2.26 bits per heavy atom. The highest BCUT2D eigenvalue weighted by atomic mass is 35.5. The molecule has 1 N–H and O–H groups in total. The van der Waals surface area contributed by atoms with E-state index in [4.69, 9.17) is 16.3 Å². The van der Waals surface area contributed by atoms with Crippen molar-refractivity contribution in [3.8, 4) is 5.75 Å². The van der Waals surface area contributed by atoms with Gasteiger partial charge in [0, 0.05) is 11.6 Å². The second-order valence-corrected chi connectivity index (χ2v) is 8.40. The van der Waals surface area contributed by atoms with Crippen molar-refractivity contribution in [1.29, 1.82) is 0 Å². The van der Waals surface area contributed by atoms with Crippen molar-refractivity contribution in [2.24, 2.45) is 0 Å². The molecule has 0 radical (unpaired) electrons. The Balaban J connectivity index is 2.06. The van der Waals surface area contributed by atoms with E-state index in [-0.39, 0.29) is 5.91 Å². The molecule has 146 valence electrons. The lowest BCUT2D eigenvalue weighted by atomic mass is 10.1. The summed E-state index contributed by atoms with van der Waals surface area (Å²) in [5.41, 5.74) is 1.43. The summed E-state index contributed by atoms with van der Waals surface area (Å²) < 4.78 is 30.7. The molecule has 0 bridgehead atoms. The minimum Gasteiger partial charge on any atom is -0.497 e. The summed E-state index contributed by atoms with van der Waals surface area (Å²) in [6.07, 6.45) is 1.70. The quantitative estimate of drug-likeness (QED) is 0.726. The van der Waals surface area contributed by atoms with Crippen LogP contribution in [0.15, 0.2) is 48.5 Å². The van der Waals surface area contributed by atoms with Crippen molar-refractivity contribution in [3.05, 3.63) is 59.1 Å². The molecule has 1 atom stereocenters. The topological polar surface area (TPSA) is 75.7 Å². The molecule has 1 amide bonds. The number of sulfonamides is 1. The first-order valence-electron chi connectivity index (χ1n) is 8.38. The van der Waals surface area contributed by atoms with Gasteiger partial charge in [-0.15, -0.1) is 0 Å². The second kappa shape index (κ2) is 9.10. The number of hydrogen-bond acceptors (Lipinski definition) is 4. The first-order chi connectivity index (χ1) is 12.7. The largest absolute Gasteiger partial charge is 0.497 e. The predicted octanol–water partition coefficient (Wildman–Crippen LogP) is 2.86. The molecule has 6 nitrogen and oxygen atoms in total. The van der Waals surface area contributed by atoms with Crippen LogP contribution in [0.2, 0.25) is 5.02 Å². The minimum absolute atomic E-state index is 0.370. The van der Waals surface area contributed by atoms with Crippen LogP contribution in [0.3, 0.4) is 0 Å². The lowest BCUT2D eigenvalue weighted by Gasteiger charge is -2.28. The van der Waals surface area contributed by atoms with Crippen LogP contribution in [0, 0.1) is 0 Å². The number of nitrogens with one attached hydrogen (secondary N) is 1. The summed E-state index contributed by atoms with van der Waals surface area (Å²) in [5.74, 6) is 0.234. The maximum atomic E-state index is 12.5. The summed E-state index contributed by atoms with van der Waals surface area (Å²) >= 11 is 5.85. The number of rotatable bonds is 8. The Kier molecular flexibility index (Phi) is 7.10. The van der Waals surface area contributed by atoms with Crippen molar-refractivity contribution < 1.29 is 17.9 Å². The van der Waals surface area contributed by atoms with Gasteiger partial charge in [0.05, 0.1) is 19.1 Å². The first kappa shape index (κ1) is 21.1. The number of carbonyl (C=O) groups is 1. The van der Waals surface area contributed by atoms with Crippen LogP contribution in [0.1, 0.15) is 12.5 Å². The molecule has 8 heteroatoms. The van der Waals surface area contributed by atoms with E-state index >= 15 is 0 Å². The van der Waals surface area contributed by atoms with Crippen molar-refractivity contribution in [1.82, 2.24) is 5.32 Å². The third-order valence-electron chi connectivity index (χ3n) is 4.04. The highest BCUT2D eigenvalue weighted by Crippen LogP contribution is 2.23. The smallest absolute Gasteiger partial charge is 0.243 e. The van der Waals surface area contributed by atoms with Crippen LogP contribution in [-0.2, 0) is 21.2 Å². The fourth-order valence-electron chi connectivity index (χ4n) is 2.67. The molecule has 0 unspecified atom stereocenters. The van der Waals surface area contributed by atoms with Gasteiger partial charge in [-0.1, -0.05) is 23.7 Å². The molecule has 0 spiro atoms. The number of methoxy groups -OCH3 is 1. The number of amides is 1. The predicted molar refractivity (Wildman–Crippen MR) is 108 cm³/mol. The molecule has 0 saturated carbocycles. The van der Waals surface area contributed by atoms with E-state index in [0.717, 1.165) is 16.1 Å². The van der Waals surface area contributed by atoms with Crippen LogP contribution in [-0.4, -0.2) is 40.3 Å². The first-order valence-corrected chi connectivity index (χ1v) is 10.6. The second-order valence-electron chi connectivity index (χ2n) is 6.10. The van der Waals surface area contributed by atoms with Crippen molar-refractivity contribution in [3.63, 3.8) is 0 Å². The summed E-state index contributed by atoms with van der Waals surface area (Å²) in [5, 5.41) is 3.44. The Morgan fingerprint density at radius 2 is 1.74 bits per heavy atom. The molecule has 0 saturated heterocycles. The lowest BCUT2D eigenvalue weighted by Crippen LogP contribution is -2.48. The van der Waals surface area contributed by atoms with E-state index in [1.165, 1.54) is 7.11 Å². The number of anilines is 1. The van der Waals surface area contributed by atoms with E-state index in [1.54, 1.807) is 43.3 Å². The Labute approximate surface area is 165 Å². The zero-order valence-corrected chi connectivity index (χ0v) is 17.0. The number of carbonyl (C=O) groups excluding carboxylic acids is 1. The van der Waals surface area contributed by atoms with E-state index < -0.39 is 16.1 Å². The molecule has 0 fully saturated rings. The lowest BCUT2D eigenvalue weighted by molar-refractivity contribution is -0.121. The van der Waals surface area contributed by atoms with Gasteiger partial charge >= 0.3 is 0 Å². The molecule has 0 aliphatic rings. The average molecular weight is 411 g/mol. The van der Waals surface area contributed by atoms with Crippen LogP contribution in [0.25, 0.3) is 0 Å². The monoisotopic (exact) mass is 410 g/mol. The maximum Gasteiger partial charge on any atom is 0.243 e. The zero-order valence-electron chi connectivity index (χ0n) is 15.5. The molecule has 27 heavy (non-hydrogen) atoms. The Hall–Kier alpha value is -2.25.